The van der Waals surface area contributed by atoms with E-state index in [1.807, 2.05) is 19.2 Å². The van der Waals surface area contributed by atoms with E-state index in [0.717, 1.165) is 24.7 Å². The summed E-state index contributed by atoms with van der Waals surface area (Å²) in [6, 6.07) is 2.64. The smallest absolute Gasteiger partial charge is 0.125 e. The van der Waals surface area contributed by atoms with Crippen molar-refractivity contribution in [3.8, 4) is 0 Å². The maximum atomic E-state index is 4.45. The summed E-state index contributed by atoms with van der Waals surface area (Å²) in [4.78, 5) is 8.58. The Hall–Kier alpha value is -0.960. The van der Waals surface area contributed by atoms with Gasteiger partial charge in [-0.05, 0) is 38.3 Å². The van der Waals surface area contributed by atoms with Crippen molar-refractivity contribution in [1.82, 2.24) is 15.3 Å². The first-order valence-electron chi connectivity index (χ1n) is 5.81. The number of hydrogen-bond donors (Lipinski definition) is 1. The molecule has 1 heterocycles. The molecule has 2 rings (SSSR count). The minimum Gasteiger partial charge on any atom is -0.314 e. The number of likely N-dealkylation sites (N-methyl/N-ethyl adjacent to an activating group) is 1. The molecule has 1 N–H and O–H groups in total. The zero-order valence-electron chi connectivity index (χ0n) is 9.53. The van der Waals surface area contributed by atoms with E-state index in [2.05, 4.69) is 22.2 Å². The van der Waals surface area contributed by atoms with Crippen molar-refractivity contribution < 1.29 is 0 Å². The summed E-state index contributed by atoms with van der Waals surface area (Å²) < 4.78 is 0. The molecule has 0 radical (unpaired) electrons. The lowest BCUT2D eigenvalue weighted by atomic mass is 10.1. The Bertz CT molecular complexity index is 320. The Balaban J connectivity index is 1.98. The molecular formula is C12H19N3. The number of hydrogen-bond acceptors (Lipinski definition) is 3. The molecule has 1 aromatic heterocycles. The SMILES string of the molecule is CCNC(Cc1ccnc(C)n1)C1CC1. The predicted molar refractivity (Wildman–Crippen MR) is 60.7 cm³/mol. The first kappa shape index (κ1) is 10.6. The van der Waals surface area contributed by atoms with Gasteiger partial charge in [0, 0.05) is 24.4 Å². The second kappa shape index (κ2) is 4.71. The maximum absolute atomic E-state index is 4.45. The topological polar surface area (TPSA) is 37.8 Å². The van der Waals surface area contributed by atoms with E-state index in [-0.39, 0.29) is 0 Å². The van der Waals surface area contributed by atoms with Crippen molar-refractivity contribution in [2.45, 2.75) is 39.2 Å². The van der Waals surface area contributed by atoms with Crippen molar-refractivity contribution >= 4 is 0 Å². The molecule has 15 heavy (non-hydrogen) atoms. The van der Waals surface area contributed by atoms with Crippen LogP contribution >= 0.6 is 0 Å². The van der Waals surface area contributed by atoms with Crippen LogP contribution in [0.3, 0.4) is 0 Å². The van der Waals surface area contributed by atoms with Crippen LogP contribution in [0, 0.1) is 12.8 Å². The molecule has 82 valence electrons. The van der Waals surface area contributed by atoms with Gasteiger partial charge in [0.2, 0.25) is 0 Å². The van der Waals surface area contributed by atoms with Gasteiger partial charge in [-0.25, -0.2) is 9.97 Å². The van der Waals surface area contributed by atoms with Gasteiger partial charge in [-0.2, -0.15) is 0 Å². The third kappa shape index (κ3) is 2.99. The van der Waals surface area contributed by atoms with Crippen LogP contribution in [0.15, 0.2) is 12.3 Å². The second-order valence-electron chi connectivity index (χ2n) is 4.30. The number of aryl methyl sites for hydroxylation is 1. The average molecular weight is 205 g/mol. The van der Waals surface area contributed by atoms with E-state index in [1.54, 1.807) is 0 Å². The second-order valence-corrected chi connectivity index (χ2v) is 4.30. The summed E-state index contributed by atoms with van der Waals surface area (Å²) in [7, 11) is 0. The highest BCUT2D eigenvalue weighted by Crippen LogP contribution is 2.33. The van der Waals surface area contributed by atoms with Crippen LogP contribution in [-0.2, 0) is 6.42 Å². The molecule has 0 aromatic carbocycles. The Labute approximate surface area is 91.3 Å². The monoisotopic (exact) mass is 205 g/mol. The third-order valence-electron chi connectivity index (χ3n) is 2.92. The summed E-state index contributed by atoms with van der Waals surface area (Å²) in [5.41, 5.74) is 1.17. The highest BCUT2D eigenvalue weighted by molar-refractivity contribution is 5.05. The largest absolute Gasteiger partial charge is 0.314 e. The van der Waals surface area contributed by atoms with Gasteiger partial charge in [0.25, 0.3) is 0 Å². The van der Waals surface area contributed by atoms with Gasteiger partial charge in [-0.3, -0.25) is 0 Å². The van der Waals surface area contributed by atoms with E-state index >= 15 is 0 Å². The van der Waals surface area contributed by atoms with E-state index in [0.29, 0.717) is 6.04 Å². The first-order chi connectivity index (χ1) is 7.29. The van der Waals surface area contributed by atoms with E-state index < -0.39 is 0 Å². The van der Waals surface area contributed by atoms with Crippen LogP contribution in [0.1, 0.15) is 31.3 Å². The van der Waals surface area contributed by atoms with Crippen LogP contribution in [0.5, 0.6) is 0 Å². The zero-order chi connectivity index (χ0) is 10.7. The molecule has 0 amide bonds. The third-order valence-corrected chi connectivity index (χ3v) is 2.92. The van der Waals surface area contributed by atoms with Crippen molar-refractivity contribution in [3.63, 3.8) is 0 Å². The summed E-state index contributed by atoms with van der Waals surface area (Å²) in [6.45, 7) is 5.16. The van der Waals surface area contributed by atoms with Crippen LogP contribution in [0.4, 0.5) is 0 Å². The van der Waals surface area contributed by atoms with Crippen LogP contribution in [-0.4, -0.2) is 22.6 Å². The van der Waals surface area contributed by atoms with Gasteiger partial charge < -0.3 is 5.32 Å². The van der Waals surface area contributed by atoms with Crippen LogP contribution in [0.25, 0.3) is 0 Å². The number of aromatic nitrogens is 2. The molecule has 1 aliphatic rings. The Morgan fingerprint density at radius 2 is 2.33 bits per heavy atom. The highest BCUT2D eigenvalue weighted by atomic mass is 14.9. The molecule has 1 aromatic rings. The molecule has 3 heteroatoms. The Morgan fingerprint density at radius 1 is 1.53 bits per heavy atom. The van der Waals surface area contributed by atoms with E-state index in [9.17, 15) is 0 Å². The number of rotatable bonds is 5. The normalized spacial score (nSPS) is 17.7. The number of nitrogens with zero attached hydrogens (tertiary/aromatic N) is 2. The number of nitrogens with one attached hydrogen (secondary N) is 1. The lowest BCUT2D eigenvalue weighted by Gasteiger charge is -2.16. The van der Waals surface area contributed by atoms with Crippen molar-refractivity contribution in [1.29, 1.82) is 0 Å². The van der Waals surface area contributed by atoms with Gasteiger partial charge in [0.05, 0.1) is 0 Å². The Morgan fingerprint density at radius 3 is 2.93 bits per heavy atom. The van der Waals surface area contributed by atoms with Crippen LogP contribution in [0.2, 0.25) is 0 Å². The summed E-state index contributed by atoms with van der Waals surface area (Å²) >= 11 is 0. The summed E-state index contributed by atoms with van der Waals surface area (Å²) in [5, 5.41) is 3.55. The first-order valence-corrected chi connectivity index (χ1v) is 5.81. The zero-order valence-corrected chi connectivity index (χ0v) is 9.53. The highest BCUT2D eigenvalue weighted by Gasteiger charge is 2.30. The fourth-order valence-corrected chi connectivity index (χ4v) is 2.01. The molecular weight excluding hydrogens is 186 g/mol. The molecule has 1 unspecified atom stereocenters. The van der Waals surface area contributed by atoms with E-state index in [1.165, 1.54) is 18.5 Å². The molecule has 1 atom stereocenters. The molecule has 1 fully saturated rings. The fourth-order valence-electron chi connectivity index (χ4n) is 2.01. The van der Waals surface area contributed by atoms with Crippen LogP contribution < -0.4 is 5.32 Å². The quantitative estimate of drug-likeness (QED) is 0.795. The molecule has 3 nitrogen and oxygen atoms in total. The standard InChI is InChI=1S/C12H19N3/c1-3-13-12(10-4-5-10)8-11-6-7-14-9(2)15-11/h6-7,10,12-13H,3-5,8H2,1-2H3. The van der Waals surface area contributed by atoms with E-state index in [4.69, 9.17) is 0 Å². The van der Waals surface area contributed by atoms with Gasteiger partial charge in [-0.1, -0.05) is 6.92 Å². The van der Waals surface area contributed by atoms with Crippen molar-refractivity contribution in [2.24, 2.45) is 5.92 Å². The summed E-state index contributed by atoms with van der Waals surface area (Å²) in [6.07, 6.45) is 5.65. The van der Waals surface area contributed by atoms with Gasteiger partial charge in [-0.15, -0.1) is 0 Å². The summed E-state index contributed by atoms with van der Waals surface area (Å²) in [5.74, 6) is 1.75. The molecule has 1 aliphatic carbocycles. The van der Waals surface area contributed by atoms with Gasteiger partial charge >= 0.3 is 0 Å². The lowest BCUT2D eigenvalue weighted by molar-refractivity contribution is 0.468. The fraction of sp³-hybridized carbons (Fsp3) is 0.667. The van der Waals surface area contributed by atoms with Crippen molar-refractivity contribution in [3.05, 3.63) is 23.8 Å². The Kier molecular flexibility index (Phi) is 3.31. The molecule has 0 aliphatic heterocycles. The van der Waals surface area contributed by atoms with Crippen molar-refractivity contribution in [2.75, 3.05) is 6.54 Å². The molecule has 0 spiro atoms. The lowest BCUT2D eigenvalue weighted by Crippen LogP contribution is -2.33. The minimum absolute atomic E-state index is 0.615. The molecule has 0 bridgehead atoms. The van der Waals surface area contributed by atoms with Gasteiger partial charge in [0.1, 0.15) is 5.82 Å². The minimum atomic E-state index is 0.615. The van der Waals surface area contributed by atoms with Gasteiger partial charge in [0.15, 0.2) is 0 Å². The molecule has 1 saturated carbocycles. The maximum Gasteiger partial charge on any atom is 0.125 e. The predicted octanol–water partition coefficient (Wildman–Crippen LogP) is 1.72. The molecule has 0 saturated heterocycles. The average Bonchev–Trinajstić information content (AvgIpc) is 3.00.